The smallest absolute Gasteiger partial charge is 0.365 e. The van der Waals surface area contributed by atoms with Crippen molar-refractivity contribution in [2.45, 2.75) is 26.1 Å². The SMILES string of the molecule is Cc1cc(C(=O)N2C[C@@H](C(F)(F)F)[C@H](Nc3cc(Cl)nc(C)n3)C2)ccn1. The van der Waals surface area contributed by atoms with Crippen molar-refractivity contribution >= 4 is 23.3 Å². The topological polar surface area (TPSA) is 71.0 Å². The molecule has 1 aliphatic rings. The van der Waals surface area contributed by atoms with Gasteiger partial charge in [0.2, 0.25) is 0 Å². The molecule has 0 bridgehead atoms. The number of likely N-dealkylation sites (tertiary alicyclic amines) is 1. The number of rotatable bonds is 3. The summed E-state index contributed by atoms with van der Waals surface area (Å²) in [6.45, 7) is 2.77. The Balaban J connectivity index is 1.83. The number of nitrogens with one attached hydrogen (secondary N) is 1. The molecule has 0 unspecified atom stereocenters. The number of amides is 1. The molecule has 3 rings (SSSR count). The quantitative estimate of drug-likeness (QED) is 0.802. The molecule has 0 saturated carbocycles. The molecule has 2 atom stereocenters. The Morgan fingerprint density at radius 3 is 2.63 bits per heavy atom. The lowest BCUT2D eigenvalue weighted by molar-refractivity contribution is -0.171. The van der Waals surface area contributed by atoms with Gasteiger partial charge in [0.25, 0.3) is 5.91 Å². The molecule has 0 spiro atoms. The molecule has 1 fully saturated rings. The number of carbonyl (C=O) groups excluding carboxylic acids is 1. The number of pyridine rings is 1. The van der Waals surface area contributed by atoms with Gasteiger partial charge < -0.3 is 10.2 Å². The normalized spacial score (nSPS) is 20.0. The largest absolute Gasteiger partial charge is 0.395 e. The summed E-state index contributed by atoms with van der Waals surface area (Å²) in [6.07, 6.45) is -3.01. The van der Waals surface area contributed by atoms with Crippen LogP contribution < -0.4 is 5.32 Å². The number of hydrogen-bond acceptors (Lipinski definition) is 5. The van der Waals surface area contributed by atoms with E-state index in [4.69, 9.17) is 11.6 Å². The average molecular weight is 400 g/mol. The monoisotopic (exact) mass is 399 g/mol. The highest BCUT2D eigenvalue weighted by atomic mass is 35.5. The van der Waals surface area contributed by atoms with E-state index in [2.05, 4.69) is 20.3 Å². The molecule has 0 radical (unpaired) electrons. The highest BCUT2D eigenvalue weighted by Gasteiger charge is 2.51. The molecular weight excluding hydrogens is 383 g/mol. The minimum atomic E-state index is -4.47. The van der Waals surface area contributed by atoms with Gasteiger partial charge in [-0.05, 0) is 26.0 Å². The summed E-state index contributed by atoms with van der Waals surface area (Å²) in [5, 5.41) is 2.90. The lowest BCUT2D eigenvalue weighted by Crippen LogP contribution is -2.38. The lowest BCUT2D eigenvalue weighted by Gasteiger charge is -2.22. The number of nitrogens with zero attached hydrogens (tertiary/aromatic N) is 4. The predicted molar refractivity (Wildman–Crippen MR) is 93.6 cm³/mol. The molecule has 2 aromatic heterocycles. The van der Waals surface area contributed by atoms with Gasteiger partial charge in [-0.25, -0.2) is 9.97 Å². The van der Waals surface area contributed by atoms with E-state index in [1.54, 1.807) is 19.9 Å². The fourth-order valence-electron chi connectivity index (χ4n) is 3.10. The van der Waals surface area contributed by atoms with Crippen molar-refractivity contribution < 1.29 is 18.0 Å². The summed E-state index contributed by atoms with van der Waals surface area (Å²) in [4.78, 5) is 25.8. The molecule has 6 nitrogen and oxygen atoms in total. The fraction of sp³-hybridized carbons (Fsp3) is 0.412. The van der Waals surface area contributed by atoms with Crippen LogP contribution in [0.1, 0.15) is 21.9 Å². The van der Waals surface area contributed by atoms with Crippen molar-refractivity contribution in [3.63, 3.8) is 0 Å². The van der Waals surface area contributed by atoms with Crippen LogP contribution in [-0.4, -0.2) is 51.1 Å². The molecule has 1 amide bonds. The second-order valence-electron chi connectivity index (χ2n) is 6.42. The van der Waals surface area contributed by atoms with Crippen molar-refractivity contribution in [3.8, 4) is 0 Å². The fourth-order valence-corrected chi connectivity index (χ4v) is 3.33. The lowest BCUT2D eigenvalue weighted by atomic mass is 10.0. The zero-order valence-electron chi connectivity index (χ0n) is 14.6. The summed E-state index contributed by atoms with van der Waals surface area (Å²) >= 11 is 5.85. The second kappa shape index (κ2) is 7.30. The summed E-state index contributed by atoms with van der Waals surface area (Å²) in [7, 11) is 0. The molecule has 0 aromatic carbocycles. The molecule has 1 saturated heterocycles. The maximum Gasteiger partial charge on any atom is 0.395 e. The van der Waals surface area contributed by atoms with Gasteiger partial charge in [-0.2, -0.15) is 13.2 Å². The van der Waals surface area contributed by atoms with E-state index >= 15 is 0 Å². The van der Waals surface area contributed by atoms with Gasteiger partial charge in [0.1, 0.15) is 16.8 Å². The molecule has 27 heavy (non-hydrogen) atoms. The third-order valence-corrected chi connectivity index (χ3v) is 4.50. The first-order valence-corrected chi connectivity index (χ1v) is 8.57. The van der Waals surface area contributed by atoms with E-state index in [9.17, 15) is 18.0 Å². The Labute approximate surface area is 158 Å². The minimum Gasteiger partial charge on any atom is -0.365 e. The number of anilines is 1. The Kier molecular flexibility index (Phi) is 5.23. The summed E-state index contributed by atoms with van der Waals surface area (Å²) < 4.78 is 40.6. The first kappa shape index (κ1) is 19.3. The Bertz CT molecular complexity index is 840. The molecule has 10 heteroatoms. The first-order valence-electron chi connectivity index (χ1n) is 8.20. The van der Waals surface area contributed by atoms with Gasteiger partial charge in [-0.15, -0.1) is 0 Å². The third-order valence-electron chi connectivity index (χ3n) is 4.31. The first-order chi connectivity index (χ1) is 12.6. The average Bonchev–Trinajstić information content (AvgIpc) is 2.97. The van der Waals surface area contributed by atoms with Crippen LogP contribution >= 0.6 is 11.6 Å². The maximum absolute atomic E-state index is 13.5. The van der Waals surface area contributed by atoms with Crippen LogP contribution in [0, 0.1) is 19.8 Å². The molecule has 1 aliphatic heterocycles. The van der Waals surface area contributed by atoms with Gasteiger partial charge in [-0.1, -0.05) is 11.6 Å². The Hall–Kier alpha value is -2.42. The number of halogens is 4. The van der Waals surface area contributed by atoms with Crippen molar-refractivity contribution in [2.24, 2.45) is 5.92 Å². The van der Waals surface area contributed by atoms with Gasteiger partial charge in [-0.3, -0.25) is 9.78 Å². The second-order valence-corrected chi connectivity index (χ2v) is 6.81. The number of hydrogen-bond donors (Lipinski definition) is 1. The Morgan fingerprint density at radius 1 is 1.26 bits per heavy atom. The van der Waals surface area contributed by atoms with Gasteiger partial charge >= 0.3 is 6.18 Å². The Morgan fingerprint density at radius 2 is 2.00 bits per heavy atom. The number of aryl methyl sites for hydroxylation is 2. The predicted octanol–water partition coefficient (Wildman–Crippen LogP) is 3.26. The van der Waals surface area contributed by atoms with Crippen molar-refractivity contribution in [1.82, 2.24) is 19.9 Å². The number of aromatic nitrogens is 3. The molecule has 2 aromatic rings. The van der Waals surface area contributed by atoms with Crippen LogP contribution in [0.15, 0.2) is 24.4 Å². The van der Waals surface area contributed by atoms with Crippen LogP contribution in [0.5, 0.6) is 0 Å². The molecule has 1 N–H and O–H groups in total. The maximum atomic E-state index is 13.5. The zero-order chi connectivity index (χ0) is 19.8. The van der Waals surface area contributed by atoms with Crippen LogP contribution in [-0.2, 0) is 0 Å². The summed E-state index contributed by atoms with van der Waals surface area (Å²) in [6, 6.07) is 3.37. The van der Waals surface area contributed by atoms with Crippen molar-refractivity contribution in [2.75, 3.05) is 18.4 Å². The van der Waals surface area contributed by atoms with Crippen LogP contribution in [0.2, 0.25) is 5.15 Å². The van der Waals surface area contributed by atoms with E-state index in [0.29, 0.717) is 17.1 Å². The third kappa shape index (κ3) is 4.47. The van der Waals surface area contributed by atoms with E-state index in [1.165, 1.54) is 23.2 Å². The van der Waals surface area contributed by atoms with E-state index < -0.39 is 30.6 Å². The highest BCUT2D eigenvalue weighted by Crippen LogP contribution is 2.35. The summed E-state index contributed by atoms with van der Waals surface area (Å²) in [5.74, 6) is -1.65. The van der Waals surface area contributed by atoms with E-state index in [0.717, 1.165) is 0 Å². The van der Waals surface area contributed by atoms with Crippen molar-refractivity contribution in [1.29, 1.82) is 0 Å². The van der Waals surface area contributed by atoms with Crippen LogP contribution in [0.4, 0.5) is 19.0 Å². The van der Waals surface area contributed by atoms with Crippen LogP contribution in [0.25, 0.3) is 0 Å². The van der Waals surface area contributed by atoms with Gasteiger partial charge in [0, 0.05) is 36.6 Å². The van der Waals surface area contributed by atoms with E-state index in [1.807, 2.05) is 0 Å². The number of carbonyl (C=O) groups is 1. The molecular formula is C17H17ClF3N5O. The van der Waals surface area contributed by atoms with Crippen LogP contribution in [0.3, 0.4) is 0 Å². The minimum absolute atomic E-state index is 0.106. The molecule has 3 heterocycles. The van der Waals surface area contributed by atoms with Gasteiger partial charge in [0.05, 0.1) is 12.0 Å². The van der Waals surface area contributed by atoms with Gasteiger partial charge in [0.15, 0.2) is 0 Å². The summed E-state index contributed by atoms with van der Waals surface area (Å²) in [5.41, 5.74) is 0.929. The molecule has 144 valence electrons. The zero-order valence-corrected chi connectivity index (χ0v) is 15.3. The van der Waals surface area contributed by atoms with Crippen molar-refractivity contribution in [3.05, 3.63) is 46.6 Å². The highest BCUT2D eigenvalue weighted by molar-refractivity contribution is 6.29. The number of alkyl halides is 3. The standard InChI is InChI=1S/C17H17ClF3N5O/c1-9-5-11(3-4-22-9)16(27)26-7-12(17(19,20)21)13(8-26)25-15-6-14(18)23-10(2)24-15/h3-6,12-13H,7-8H2,1-2H3,(H,23,24,25)/t12-,13-/m1/s1. The van der Waals surface area contributed by atoms with E-state index in [-0.39, 0.29) is 17.5 Å². The molecule has 0 aliphatic carbocycles.